The Balaban J connectivity index is 1.45. The molecule has 0 saturated carbocycles. The maximum atomic E-state index is 14.5. The molecule has 1 aromatic carbocycles. The van der Waals surface area contributed by atoms with E-state index >= 15 is 0 Å². The Morgan fingerprint density at radius 3 is 2.69 bits per heavy atom. The molecule has 42 heavy (non-hydrogen) atoms. The van der Waals surface area contributed by atoms with Gasteiger partial charge in [-0.1, -0.05) is 0 Å². The number of carbonyl (C=O) groups is 1. The second-order valence-electron chi connectivity index (χ2n) is 11.1. The molecule has 1 amide bonds. The van der Waals surface area contributed by atoms with Gasteiger partial charge in [-0.15, -0.1) is 0 Å². The van der Waals surface area contributed by atoms with Gasteiger partial charge in [-0.3, -0.25) is 15.0 Å². The van der Waals surface area contributed by atoms with E-state index in [-0.39, 0.29) is 45.8 Å². The number of fused-ring (bicyclic) bond motifs is 1. The Labute approximate surface area is 248 Å². The zero-order chi connectivity index (χ0) is 30.8. The third-order valence-corrected chi connectivity index (χ3v) is 7.18. The Morgan fingerprint density at radius 1 is 1.26 bits per heavy atom. The maximum absolute atomic E-state index is 14.5. The van der Waals surface area contributed by atoms with Crippen LogP contribution in [-0.4, -0.2) is 56.9 Å². The lowest BCUT2D eigenvalue weighted by Crippen LogP contribution is -2.37. The number of halogens is 4. The standard InChI is InChI=1S/C28H31BrF3N5O5/c1-15(6-5-7-33-25-18-10-20(29)21(32)11-22(18)34-13-24(25)37(39)40)41-26-19(8-16(30)12-35-26)23-9-17(31)14-36(23)27(38)42-28(2,3)4/h8,10-13,15,17,23H,5-7,9,14H2,1-4H3,(H,33,34)/t15-,17-,23+/m0/s1. The third-order valence-electron chi connectivity index (χ3n) is 6.57. The van der Waals surface area contributed by atoms with Gasteiger partial charge >= 0.3 is 11.8 Å². The summed E-state index contributed by atoms with van der Waals surface area (Å²) < 4.78 is 54.3. The topological polar surface area (TPSA) is 120 Å². The number of nitrogens with one attached hydrogen (secondary N) is 1. The zero-order valence-electron chi connectivity index (χ0n) is 23.5. The van der Waals surface area contributed by atoms with E-state index in [4.69, 9.17) is 9.47 Å². The maximum Gasteiger partial charge on any atom is 0.410 e. The van der Waals surface area contributed by atoms with Crippen molar-refractivity contribution in [1.82, 2.24) is 14.9 Å². The van der Waals surface area contributed by atoms with Gasteiger partial charge in [0.15, 0.2) is 0 Å². The van der Waals surface area contributed by atoms with Crippen LogP contribution in [0.4, 0.5) is 29.3 Å². The van der Waals surface area contributed by atoms with E-state index in [1.807, 2.05) is 0 Å². The highest BCUT2D eigenvalue weighted by Gasteiger charge is 2.40. The summed E-state index contributed by atoms with van der Waals surface area (Å²) in [7, 11) is 0. The van der Waals surface area contributed by atoms with Crippen molar-refractivity contribution in [3.05, 3.63) is 62.4 Å². The molecule has 3 heterocycles. The Morgan fingerprint density at radius 2 is 2.00 bits per heavy atom. The van der Waals surface area contributed by atoms with E-state index in [2.05, 4.69) is 31.2 Å². The molecule has 0 bridgehead atoms. The van der Waals surface area contributed by atoms with E-state index in [1.54, 1.807) is 27.7 Å². The van der Waals surface area contributed by atoms with Gasteiger partial charge in [-0.2, -0.15) is 0 Å². The van der Waals surface area contributed by atoms with Crippen molar-refractivity contribution >= 4 is 44.3 Å². The first-order chi connectivity index (χ1) is 19.7. The van der Waals surface area contributed by atoms with Gasteiger partial charge in [0.1, 0.15) is 35.3 Å². The number of rotatable bonds is 9. The predicted octanol–water partition coefficient (Wildman–Crippen LogP) is 7.26. The van der Waals surface area contributed by atoms with Crippen LogP contribution in [0.3, 0.4) is 0 Å². The first-order valence-electron chi connectivity index (χ1n) is 13.3. The normalized spacial score (nSPS) is 17.8. The second-order valence-corrected chi connectivity index (χ2v) is 11.9. The van der Waals surface area contributed by atoms with Crippen LogP contribution in [0.15, 0.2) is 35.1 Å². The Kier molecular flexibility index (Phi) is 9.43. The number of ether oxygens (including phenoxy) is 2. The van der Waals surface area contributed by atoms with Crippen LogP contribution in [0.5, 0.6) is 5.88 Å². The number of alkyl halides is 1. The third kappa shape index (κ3) is 7.39. The molecule has 0 unspecified atom stereocenters. The van der Waals surface area contributed by atoms with Crippen LogP contribution < -0.4 is 10.1 Å². The van der Waals surface area contributed by atoms with Gasteiger partial charge in [-0.05, 0) is 68.6 Å². The van der Waals surface area contributed by atoms with Gasteiger partial charge in [0.05, 0.1) is 39.8 Å². The minimum absolute atomic E-state index is 0.0578. The molecule has 10 nitrogen and oxygen atoms in total. The smallest absolute Gasteiger partial charge is 0.410 e. The average Bonchev–Trinajstić information content (AvgIpc) is 3.29. The van der Waals surface area contributed by atoms with Crippen LogP contribution >= 0.6 is 15.9 Å². The number of anilines is 1. The summed E-state index contributed by atoms with van der Waals surface area (Å²) in [6, 6.07) is 2.99. The summed E-state index contributed by atoms with van der Waals surface area (Å²) in [6.07, 6.45) is 0.500. The van der Waals surface area contributed by atoms with E-state index < -0.39 is 46.6 Å². The molecule has 14 heteroatoms. The molecule has 1 fully saturated rings. The first-order valence-corrected chi connectivity index (χ1v) is 14.1. The number of nitrogens with zero attached hydrogens (tertiary/aromatic N) is 4. The van der Waals surface area contributed by atoms with Crippen LogP contribution in [0.25, 0.3) is 10.9 Å². The van der Waals surface area contributed by atoms with Crippen molar-refractivity contribution in [3.63, 3.8) is 0 Å². The van der Waals surface area contributed by atoms with Crippen molar-refractivity contribution in [3.8, 4) is 5.88 Å². The minimum Gasteiger partial charge on any atom is -0.474 e. The molecule has 1 aliphatic heterocycles. The van der Waals surface area contributed by atoms with Crippen LogP contribution in [0.1, 0.15) is 58.6 Å². The fourth-order valence-electron chi connectivity index (χ4n) is 4.73. The van der Waals surface area contributed by atoms with E-state index in [0.29, 0.717) is 24.8 Å². The largest absolute Gasteiger partial charge is 0.474 e. The number of hydrogen-bond acceptors (Lipinski definition) is 8. The molecule has 0 radical (unpaired) electrons. The predicted molar refractivity (Wildman–Crippen MR) is 153 cm³/mol. The SMILES string of the molecule is C[C@@H](CCCNc1c([N+](=O)[O-])cnc2cc(F)c(Br)cc12)Oc1ncc(F)cc1[C@H]1C[C@H](F)CN1C(=O)OC(C)(C)C. The molecular formula is C28H31BrF3N5O5. The molecule has 3 aromatic rings. The van der Waals surface area contributed by atoms with Crippen molar-refractivity contribution in [2.24, 2.45) is 0 Å². The number of nitro groups is 1. The first kappa shape index (κ1) is 31.3. The van der Waals surface area contributed by atoms with E-state index in [0.717, 1.165) is 12.4 Å². The number of hydrogen-bond donors (Lipinski definition) is 1. The van der Waals surface area contributed by atoms with Crippen LogP contribution in [0, 0.1) is 21.7 Å². The number of benzene rings is 1. The molecule has 0 aliphatic carbocycles. The van der Waals surface area contributed by atoms with Crippen molar-refractivity contribution in [2.75, 3.05) is 18.4 Å². The lowest BCUT2D eigenvalue weighted by atomic mass is 10.1. The number of amides is 1. The van der Waals surface area contributed by atoms with Crippen LogP contribution in [-0.2, 0) is 4.74 Å². The van der Waals surface area contributed by atoms with E-state index in [9.17, 15) is 28.1 Å². The number of likely N-dealkylation sites (tertiary alicyclic amines) is 1. The highest BCUT2D eigenvalue weighted by molar-refractivity contribution is 9.10. The van der Waals surface area contributed by atoms with E-state index in [1.165, 1.54) is 23.1 Å². The number of pyridine rings is 2. The van der Waals surface area contributed by atoms with Gasteiger partial charge in [0, 0.05) is 30.0 Å². The molecule has 1 aliphatic rings. The van der Waals surface area contributed by atoms with Gasteiger partial charge in [0.2, 0.25) is 5.88 Å². The molecule has 226 valence electrons. The van der Waals surface area contributed by atoms with Crippen molar-refractivity contribution in [1.29, 1.82) is 0 Å². The van der Waals surface area contributed by atoms with Gasteiger partial charge < -0.3 is 14.8 Å². The average molecular weight is 654 g/mol. The number of carbonyl (C=O) groups excluding carboxylic acids is 1. The highest BCUT2D eigenvalue weighted by Crippen LogP contribution is 2.39. The molecule has 4 rings (SSSR count). The summed E-state index contributed by atoms with van der Waals surface area (Å²) in [5.74, 6) is -1.12. The lowest BCUT2D eigenvalue weighted by molar-refractivity contribution is -0.384. The summed E-state index contributed by atoms with van der Waals surface area (Å²) in [5, 5.41) is 15.1. The monoisotopic (exact) mass is 653 g/mol. The molecule has 1 N–H and O–H groups in total. The molecule has 0 spiro atoms. The zero-order valence-corrected chi connectivity index (χ0v) is 25.1. The summed E-state index contributed by atoms with van der Waals surface area (Å²) in [5.41, 5.74) is -0.331. The lowest BCUT2D eigenvalue weighted by Gasteiger charge is -2.29. The highest BCUT2D eigenvalue weighted by atomic mass is 79.9. The molecular weight excluding hydrogens is 623 g/mol. The number of aromatic nitrogens is 2. The molecule has 1 saturated heterocycles. The summed E-state index contributed by atoms with van der Waals surface area (Å²) in [4.78, 5) is 33.1. The van der Waals surface area contributed by atoms with Crippen LogP contribution in [0.2, 0.25) is 0 Å². The van der Waals surface area contributed by atoms with Gasteiger partial charge in [0.25, 0.3) is 0 Å². The fourth-order valence-corrected chi connectivity index (χ4v) is 5.08. The quantitative estimate of drug-likeness (QED) is 0.146. The summed E-state index contributed by atoms with van der Waals surface area (Å²) in [6.45, 7) is 6.99. The second kappa shape index (κ2) is 12.7. The minimum atomic E-state index is -1.33. The molecule has 3 atom stereocenters. The molecule has 2 aromatic heterocycles. The Bertz CT molecular complexity index is 1490. The van der Waals surface area contributed by atoms with Gasteiger partial charge in [-0.25, -0.2) is 27.9 Å². The summed E-state index contributed by atoms with van der Waals surface area (Å²) >= 11 is 3.11. The van der Waals surface area contributed by atoms with Crippen molar-refractivity contribution < 1.29 is 32.4 Å². The van der Waals surface area contributed by atoms with Crippen molar-refractivity contribution in [2.45, 2.75) is 70.9 Å². The Hall–Kier alpha value is -3.68. The fraction of sp³-hybridized carbons (Fsp3) is 0.464.